The molecule has 0 radical (unpaired) electrons. The Morgan fingerprint density at radius 3 is 1.47 bits per heavy atom. The van der Waals surface area contributed by atoms with Crippen molar-refractivity contribution in [1.29, 1.82) is 0 Å². The fourth-order valence-electron chi connectivity index (χ4n) is 0.920. The molecule has 0 bridgehead atoms. The van der Waals surface area contributed by atoms with Gasteiger partial charge in [-0.2, -0.15) is 3.71 Å². The van der Waals surface area contributed by atoms with Gasteiger partial charge in [-0.3, -0.25) is 0 Å². The van der Waals surface area contributed by atoms with Crippen molar-refractivity contribution in [2.75, 3.05) is 3.71 Å². The van der Waals surface area contributed by atoms with Crippen molar-refractivity contribution in [1.82, 2.24) is 0 Å². The van der Waals surface area contributed by atoms with E-state index in [1.54, 1.807) is 0 Å². The molecule has 11 heteroatoms. The number of anilines is 1. The Morgan fingerprint density at radius 1 is 0.824 bits per heavy atom. The molecule has 0 saturated heterocycles. The molecule has 0 aliphatic rings. The van der Waals surface area contributed by atoms with E-state index in [0.717, 1.165) is 12.1 Å². The van der Waals surface area contributed by atoms with E-state index in [2.05, 4.69) is 0 Å². The molecule has 0 unspecified atom stereocenters. The molecule has 0 heterocycles. The van der Waals surface area contributed by atoms with Gasteiger partial charge in [0, 0.05) is 0 Å². The molecule has 0 fully saturated rings. The molecule has 1 aromatic carbocycles. The third-order valence-corrected chi connectivity index (χ3v) is 3.70. The molecule has 7 nitrogen and oxygen atoms in total. The van der Waals surface area contributed by atoms with E-state index in [9.17, 15) is 25.9 Å². The Balaban J connectivity index is 0. The second-order valence-corrected chi connectivity index (χ2v) is 5.12. The summed E-state index contributed by atoms with van der Waals surface area (Å²) in [7, 11) is -10.8. The number of hydrogen-bond acceptors (Lipinski definition) is 6. The molecule has 1 aromatic rings. The van der Waals surface area contributed by atoms with E-state index in [1.807, 2.05) is 0 Å². The van der Waals surface area contributed by atoms with Crippen molar-refractivity contribution >= 4 is 26.3 Å². The second kappa shape index (κ2) is 7.43. The molecule has 84 valence electrons. The summed E-state index contributed by atoms with van der Waals surface area (Å²) >= 11 is 0. The maximum absolute atomic E-state index is 10.6. The molecule has 0 aromatic heterocycles. The monoisotopic (exact) mass is 297 g/mol. The van der Waals surface area contributed by atoms with Crippen LogP contribution in [-0.4, -0.2) is 25.9 Å². The summed E-state index contributed by atoms with van der Waals surface area (Å²) in [6.07, 6.45) is 0. The Morgan fingerprint density at radius 2 is 1.18 bits per heavy atom. The second-order valence-electron chi connectivity index (χ2n) is 2.45. The minimum absolute atomic E-state index is 0. The van der Waals surface area contributed by atoms with Crippen LogP contribution in [0, 0.1) is 0 Å². The molecule has 17 heavy (non-hydrogen) atoms. The fourth-order valence-corrected chi connectivity index (χ4v) is 2.57. The van der Waals surface area contributed by atoms with Crippen molar-refractivity contribution in [2.24, 2.45) is 0 Å². The summed E-state index contributed by atoms with van der Waals surface area (Å²) in [6, 6.07) is 6.09. The van der Waals surface area contributed by atoms with Crippen LogP contribution in [0.5, 0.6) is 0 Å². The summed E-state index contributed by atoms with van der Waals surface area (Å²) in [5.41, 5.74) is -0.512. The zero-order valence-electron chi connectivity index (χ0n) is 9.10. The molecular formula is C6H5NNa2O6S2. The van der Waals surface area contributed by atoms with Crippen molar-refractivity contribution in [3.05, 3.63) is 30.3 Å². The van der Waals surface area contributed by atoms with Gasteiger partial charge in [-0.25, -0.2) is 16.8 Å². The van der Waals surface area contributed by atoms with Crippen LogP contribution in [0.25, 0.3) is 0 Å². The first-order chi connectivity index (χ1) is 6.73. The van der Waals surface area contributed by atoms with Gasteiger partial charge in [0.1, 0.15) is 0 Å². The Hall–Kier alpha value is 0.840. The van der Waals surface area contributed by atoms with Crippen molar-refractivity contribution in [3.8, 4) is 0 Å². The van der Waals surface area contributed by atoms with E-state index >= 15 is 0 Å². The molecule has 1 rings (SSSR count). The molecular weight excluding hydrogens is 292 g/mol. The molecule has 0 saturated carbocycles. The number of benzene rings is 1. The average Bonchev–Trinajstić information content (AvgIpc) is 2.00. The summed E-state index contributed by atoms with van der Waals surface area (Å²) in [5.74, 6) is 0. The Bertz CT molecular complexity index is 511. The number of rotatable bonds is 3. The van der Waals surface area contributed by atoms with E-state index in [1.165, 1.54) is 18.2 Å². The first kappa shape index (κ1) is 20.2. The maximum atomic E-state index is 10.6. The van der Waals surface area contributed by atoms with Crippen LogP contribution >= 0.6 is 0 Å². The zero-order valence-corrected chi connectivity index (χ0v) is 14.7. The standard InChI is InChI=1S/C6H7NO6S2.2Na/c8-14(9,10)7(15(11,12)13)6-4-2-1-3-5-6;;/h1-5H,(H,8,9,10)(H,11,12,13);;/q;2*+1/p-2. The zero-order chi connectivity index (χ0) is 11.7. The van der Waals surface area contributed by atoms with Crippen LogP contribution in [0.3, 0.4) is 0 Å². The topological polar surface area (TPSA) is 118 Å². The van der Waals surface area contributed by atoms with Crippen LogP contribution < -0.4 is 62.8 Å². The van der Waals surface area contributed by atoms with Crippen LogP contribution in [0.2, 0.25) is 0 Å². The minimum Gasteiger partial charge on any atom is -0.730 e. The van der Waals surface area contributed by atoms with Gasteiger partial charge in [-0.05, 0) is 12.1 Å². The maximum Gasteiger partial charge on any atom is 1.00 e. The Labute approximate surface area is 144 Å². The van der Waals surface area contributed by atoms with Gasteiger partial charge in [-0.15, -0.1) is 0 Å². The third kappa shape index (κ3) is 6.01. The predicted octanol–water partition coefficient (Wildman–Crippen LogP) is -6.58. The summed E-state index contributed by atoms with van der Waals surface area (Å²) < 4.78 is 62.7. The van der Waals surface area contributed by atoms with Gasteiger partial charge in [-0.1, -0.05) is 18.2 Å². The molecule has 0 atom stereocenters. The van der Waals surface area contributed by atoms with E-state index in [0.29, 0.717) is 0 Å². The first-order valence-corrected chi connectivity index (χ1v) is 6.23. The van der Waals surface area contributed by atoms with E-state index in [-0.39, 0.29) is 59.1 Å². The number of hydrogen-bond donors (Lipinski definition) is 0. The third-order valence-electron chi connectivity index (χ3n) is 1.37. The van der Waals surface area contributed by atoms with Crippen LogP contribution in [0.4, 0.5) is 5.69 Å². The van der Waals surface area contributed by atoms with Crippen LogP contribution in [-0.2, 0) is 20.6 Å². The van der Waals surface area contributed by atoms with Gasteiger partial charge in [0.2, 0.25) is 0 Å². The predicted molar refractivity (Wildman–Crippen MR) is 48.3 cm³/mol. The van der Waals surface area contributed by atoms with E-state index in [4.69, 9.17) is 0 Å². The fraction of sp³-hybridized carbons (Fsp3) is 0. The SMILES string of the molecule is O=S(=O)([O-])N(c1ccccc1)S(=O)(=O)[O-].[Na+].[Na+]. The van der Waals surface area contributed by atoms with Gasteiger partial charge >= 0.3 is 59.1 Å². The number of nitrogens with zero attached hydrogens (tertiary/aromatic N) is 1. The van der Waals surface area contributed by atoms with Crippen molar-refractivity contribution < 1.29 is 85.1 Å². The summed E-state index contributed by atoms with van der Waals surface area (Å²) in [6.45, 7) is 0. The van der Waals surface area contributed by atoms with Gasteiger partial charge < -0.3 is 9.11 Å². The van der Waals surface area contributed by atoms with Gasteiger partial charge in [0.25, 0.3) is 0 Å². The molecule has 0 spiro atoms. The Kier molecular flexibility index (Phi) is 8.82. The van der Waals surface area contributed by atoms with E-state index < -0.39 is 30.0 Å². The molecule has 0 aliphatic carbocycles. The van der Waals surface area contributed by atoms with Crippen molar-refractivity contribution in [3.63, 3.8) is 0 Å². The minimum atomic E-state index is -5.39. The quantitative estimate of drug-likeness (QED) is 0.404. The average molecular weight is 297 g/mol. The first-order valence-electron chi connectivity index (χ1n) is 3.50. The van der Waals surface area contributed by atoms with Crippen LogP contribution in [0.15, 0.2) is 30.3 Å². The molecule has 0 amide bonds. The summed E-state index contributed by atoms with van der Waals surface area (Å²) in [5, 5.41) is 0. The smallest absolute Gasteiger partial charge is 0.730 e. The van der Waals surface area contributed by atoms with Crippen molar-refractivity contribution in [2.45, 2.75) is 0 Å². The van der Waals surface area contributed by atoms with Gasteiger partial charge in [0.05, 0.1) is 5.69 Å². The summed E-state index contributed by atoms with van der Waals surface area (Å²) in [4.78, 5) is 0. The largest absolute Gasteiger partial charge is 1.00 e. The number of para-hydroxylation sites is 1. The normalized spacial score (nSPS) is 10.9. The van der Waals surface area contributed by atoms with Gasteiger partial charge in [0.15, 0.2) is 20.6 Å². The molecule has 0 N–H and O–H groups in total. The molecule has 0 aliphatic heterocycles. The van der Waals surface area contributed by atoms with Crippen LogP contribution in [0.1, 0.15) is 0 Å².